The number of hydrogen-bond donors (Lipinski definition) is 1. The van der Waals surface area contributed by atoms with E-state index in [0.29, 0.717) is 6.54 Å². The van der Waals surface area contributed by atoms with Crippen LogP contribution in [-0.2, 0) is 4.79 Å². The van der Waals surface area contributed by atoms with E-state index >= 15 is 0 Å². The first-order chi connectivity index (χ1) is 6.49. The molecule has 3 heteroatoms. The Morgan fingerprint density at radius 3 is 2.86 bits per heavy atom. The number of carboxylic acids is 1. The number of nitrogens with zero attached hydrogens (tertiary/aromatic N) is 1. The molecule has 14 heavy (non-hydrogen) atoms. The van der Waals surface area contributed by atoms with E-state index in [1.54, 1.807) is 0 Å². The van der Waals surface area contributed by atoms with Crippen LogP contribution >= 0.6 is 0 Å². The lowest BCUT2D eigenvalue weighted by molar-refractivity contribution is -0.150. The zero-order valence-corrected chi connectivity index (χ0v) is 8.79. The molecule has 0 aromatic carbocycles. The molecule has 0 aromatic heterocycles. The fourth-order valence-electron chi connectivity index (χ4n) is 2.28. The molecule has 1 N–H and O–H groups in total. The lowest BCUT2D eigenvalue weighted by atomic mass is 9.76. The average molecular weight is 195 g/mol. The highest BCUT2D eigenvalue weighted by Gasteiger charge is 2.41. The van der Waals surface area contributed by atoms with Crippen molar-refractivity contribution in [3.63, 3.8) is 0 Å². The molecule has 0 spiro atoms. The van der Waals surface area contributed by atoms with Gasteiger partial charge in [-0.15, -0.1) is 6.42 Å². The summed E-state index contributed by atoms with van der Waals surface area (Å²) in [5.41, 5.74) is -0.180. The molecule has 1 aliphatic rings. The number of carboxylic acid groups (broad SMARTS) is 1. The third-order valence-electron chi connectivity index (χ3n) is 2.90. The minimum absolute atomic E-state index is 0.180. The van der Waals surface area contributed by atoms with Crippen LogP contribution in [0.15, 0.2) is 0 Å². The normalized spacial score (nSPS) is 26.8. The van der Waals surface area contributed by atoms with Crippen molar-refractivity contribution in [1.29, 1.82) is 0 Å². The van der Waals surface area contributed by atoms with Crippen LogP contribution in [-0.4, -0.2) is 35.1 Å². The van der Waals surface area contributed by atoms with E-state index in [2.05, 4.69) is 5.92 Å². The van der Waals surface area contributed by atoms with Gasteiger partial charge in [0.1, 0.15) is 6.04 Å². The van der Waals surface area contributed by atoms with E-state index in [0.717, 1.165) is 19.4 Å². The van der Waals surface area contributed by atoms with Crippen molar-refractivity contribution in [2.75, 3.05) is 13.1 Å². The Balaban J connectivity index is 2.85. The summed E-state index contributed by atoms with van der Waals surface area (Å²) < 4.78 is 0. The smallest absolute Gasteiger partial charge is 0.321 e. The highest BCUT2D eigenvalue weighted by molar-refractivity contribution is 5.74. The molecule has 1 heterocycles. The molecule has 0 bridgehead atoms. The largest absolute Gasteiger partial charge is 0.480 e. The van der Waals surface area contributed by atoms with Crippen LogP contribution in [0, 0.1) is 17.8 Å². The number of terminal acetylenes is 1. The number of aliphatic carboxylic acids is 1. The van der Waals surface area contributed by atoms with E-state index in [1.807, 2.05) is 18.7 Å². The molecular weight excluding hydrogens is 178 g/mol. The molecule has 0 radical (unpaired) electrons. The van der Waals surface area contributed by atoms with Gasteiger partial charge in [0.25, 0.3) is 0 Å². The topological polar surface area (TPSA) is 40.5 Å². The number of hydrogen-bond acceptors (Lipinski definition) is 2. The zero-order chi connectivity index (χ0) is 10.8. The summed E-state index contributed by atoms with van der Waals surface area (Å²) in [6, 6.07) is -0.438. The summed E-state index contributed by atoms with van der Waals surface area (Å²) >= 11 is 0. The lowest BCUT2D eigenvalue weighted by Gasteiger charge is -2.43. The SMILES string of the molecule is C#CCN1CCCC(C)(C)C1C(=O)O. The molecule has 78 valence electrons. The van der Waals surface area contributed by atoms with Gasteiger partial charge in [0.05, 0.1) is 6.54 Å². The fraction of sp³-hybridized carbons (Fsp3) is 0.727. The number of rotatable bonds is 2. The zero-order valence-electron chi connectivity index (χ0n) is 8.79. The third-order valence-corrected chi connectivity index (χ3v) is 2.90. The van der Waals surface area contributed by atoms with Crippen LogP contribution < -0.4 is 0 Å². The van der Waals surface area contributed by atoms with Gasteiger partial charge in [0.2, 0.25) is 0 Å². The van der Waals surface area contributed by atoms with Crippen molar-refractivity contribution < 1.29 is 9.90 Å². The molecular formula is C11H17NO2. The molecule has 0 saturated carbocycles. The molecule has 1 fully saturated rings. The summed E-state index contributed by atoms with van der Waals surface area (Å²) in [7, 11) is 0. The van der Waals surface area contributed by atoms with Crippen LogP contribution in [0.2, 0.25) is 0 Å². The molecule has 0 aliphatic carbocycles. The van der Waals surface area contributed by atoms with Crippen LogP contribution in [0.1, 0.15) is 26.7 Å². The number of carbonyl (C=O) groups is 1. The summed E-state index contributed by atoms with van der Waals surface area (Å²) in [6.45, 7) is 5.22. The standard InChI is InChI=1S/C11H17NO2/c1-4-7-12-8-5-6-11(2,3)9(12)10(13)14/h1,9H,5-8H2,2-3H3,(H,13,14). The molecule has 0 aromatic rings. The van der Waals surface area contributed by atoms with Crippen LogP contribution in [0.3, 0.4) is 0 Å². The maximum absolute atomic E-state index is 11.1. The van der Waals surface area contributed by atoms with Gasteiger partial charge in [0, 0.05) is 0 Å². The van der Waals surface area contributed by atoms with E-state index in [-0.39, 0.29) is 5.41 Å². The van der Waals surface area contributed by atoms with E-state index in [4.69, 9.17) is 11.5 Å². The summed E-state index contributed by atoms with van der Waals surface area (Å²) in [5, 5.41) is 9.16. The first kappa shape index (κ1) is 11.1. The van der Waals surface area contributed by atoms with Crippen molar-refractivity contribution in [3.8, 4) is 12.3 Å². The predicted molar refractivity (Wildman–Crippen MR) is 54.8 cm³/mol. The van der Waals surface area contributed by atoms with Crippen LogP contribution in [0.25, 0.3) is 0 Å². The fourth-order valence-corrected chi connectivity index (χ4v) is 2.28. The Morgan fingerprint density at radius 1 is 1.71 bits per heavy atom. The summed E-state index contributed by atoms with van der Waals surface area (Å²) in [5.74, 6) is 1.76. The molecule has 3 nitrogen and oxygen atoms in total. The minimum Gasteiger partial charge on any atom is -0.480 e. The quantitative estimate of drug-likeness (QED) is 0.673. The van der Waals surface area contributed by atoms with Gasteiger partial charge in [-0.2, -0.15) is 0 Å². The van der Waals surface area contributed by atoms with Gasteiger partial charge in [-0.1, -0.05) is 19.8 Å². The Kier molecular flexibility index (Phi) is 3.17. The van der Waals surface area contributed by atoms with Crippen molar-refractivity contribution in [1.82, 2.24) is 4.90 Å². The molecule has 1 aliphatic heterocycles. The second-order valence-electron chi connectivity index (χ2n) is 4.51. The lowest BCUT2D eigenvalue weighted by Crippen LogP contribution is -2.54. The Bertz CT molecular complexity index is 265. The maximum atomic E-state index is 11.1. The van der Waals surface area contributed by atoms with Crippen molar-refractivity contribution in [2.45, 2.75) is 32.7 Å². The highest BCUT2D eigenvalue weighted by atomic mass is 16.4. The van der Waals surface area contributed by atoms with Gasteiger partial charge in [-0.3, -0.25) is 9.69 Å². The van der Waals surface area contributed by atoms with Gasteiger partial charge in [-0.25, -0.2) is 0 Å². The monoisotopic (exact) mass is 195 g/mol. The van der Waals surface area contributed by atoms with Gasteiger partial charge >= 0.3 is 5.97 Å². The van der Waals surface area contributed by atoms with Crippen LogP contribution in [0.5, 0.6) is 0 Å². The Labute approximate surface area is 85.1 Å². The number of piperidine rings is 1. The minimum atomic E-state index is -0.759. The summed E-state index contributed by atoms with van der Waals surface area (Å²) in [6.07, 6.45) is 7.20. The molecule has 1 rings (SSSR count). The van der Waals surface area contributed by atoms with E-state index in [1.165, 1.54) is 0 Å². The Morgan fingerprint density at radius 2 is 2.36 bits per heavy atom. The average Bonchev–Trinajstić information content (AvgIpc) is 2.01. The molecule has 1 unspecified atom stereocenters. The molecule has 1 saturated heterocycles. The van der Waals surface area contributed by atoms with E-state index in [9.17, 15) is 4.79 Å². The van der Waals surface area contributed by atoms with Crippen LogP contribution in [0.4, 0.5) is 0 Å². The highest BCUT2D eigenvalue weighted by Crippen LogP contribution is 2.34. The first-order valence-corrected chi connectivity index (χ1v) is 4.89. The molecule has 0 amide bonds. The van der Waals surface area contributed by atoms with Crippen molar-refractivity contribution in [3.05, 3.63) is 0 Å². The van der Waals surface area contributed by atoms with Gasteiger partial charge in [-0.05, 0) is 24.8 Å². The summed E-state index contributed by atoms with van der Waals surface area (Å²) in [4.78, 5) is 13.0. The Hall–Kier alpha value is -1.01. The van der Waals surface area contributed by atoms with E-state index < -0.39 is 12.0 Å². The van der Waals surface area contributed by atoms with Gasteiger partial charge < -0.3 is 5.11 Å². The number of likely N-dealkylation sites (tertiary alicyclic amines) is 1. The van der Waals surface area contributed by atoms with Gasteiger partial charge in [0.15, 0.2) is 0 Å². The second kappa shape index (κ2) is 4.02. The third kappa shape index (κ3) is 2.08. The molecule has 1 atom stereocenters. The van der Waals surface area contributed by atoms with Crippen molar-refractivity contribution >= 4 is 5.97 Å². The predicted octanol–water partition coefficient (Wildman–Crippen LogP) is 1.19. The van der Waals surface area contributed by atoms with Crippen molar-refractivity contribution in [2.24, 2.45) is 5.41 Å². The second-order valence-corrected chi connectivity index (χ2v) is 4.51. The maximum Gasteiger partial charge on any atom is 0.321 e. The first-order valence-electron chi connectivity index (χ1n) is 4.89.